The van der Waals surface area contributed by atoms with E-state index in [1.807, 2.05) is 38.1 Å². The predicted octanol–water partition coefficient (Wildman–Crippen LogP) is 3.37. The number of ether oxygens (including phenoxy) is 1. The van der Waals surface area contributed by atoms with Crippen LogP contribution in [0.2, 0.25) is 0 Å². The van der Waals surface area contributed by atoms with Crippen molar-refractivity contribution in [2.75, 3.05) is 13.7 Å². The minimum atomic E-state index is -3.43. The van der Waals surface area contributed by atoms with Gasteiger partial charge in [0.05, 0.1) is 7.11 Å². The van der Waals surface area contributed by atoms with E-state index in [1.54, 1.807) is 17.5 Å². The van der Waals surface area contributed by atoms with Crippen molar-refractivity contribution in [2.45, 2.75) is 30.5 Å². The molecule has 1 unspecified atom stereocenters. The van der Waals surface area contributed by atoms with E-state index < -0.39 is 10.0 Å². The van der Waals surface area contributed by atoms with Crippen LogP contribution in [0.5, 0.6) is 5.75 Å². The second-order valence-corrected chi connectivity index (χ2v) is 8.88. The molecule has 22 heavy (non-hydrogen) atoms. The van der Waals surface area contributed by atoms with Crippen molar-refractivity contribution < 1.29 is 13.2 Å². The molecule has 0 bridgehead atoms. The van der Waals surface area contributed by atoms with Gasteiger partial charge in [0.15, 0.2) is 0 Å². The number of thiophene rings is 1. The fraction of sp³-hybridized carbons (Fsp3) is 0.375. The number of rotatable bonds is 3. The first-order valence-corrected chi connectivity index (χ1v) is 9.44. The molecule has 3 rings (SSSR count). The van der Waals surface area contributed by atoms with Crippen molar-refractivity contribution in [3.8, 4) is 5.75 Å². The molecule has 0 spiro atoms. The lowest BCUT2D eigenvalue weighted by molar-refractivity contribution is 0.326. The summed E-state index contributed by atoms with van der Waals surface area (Å²) in [6.45, 7) is 4.37. The number of sulfonamides is 1. The molecule has 118 valence electrons. The highest BCUT2D eigenvalue weighted by Crippen LogP contribution is 2.36. The van der Waals surface area contributed by atoms with E-state index >= 15 is 0 Å². The Morgan fingerprint density at radius 3 is 2.68 bits per heavy atom. The maximum atomic E-state index is 12.9. The van der Waals surface area contributed by atoms with Crippen LogP contribution in [-0.4, -0.2) is 26.4 Å². The molecular weight excluding hydrogens is 318 g/mol. The standard InChI is InChI=1S/C16H19NO3S2/c1-11-4-7-16(21-11)22(18,19)17-9-8-13-10-14(20-3)5-6-15(13)12(17)2/h4-7,10,12H,8-9H2,1-3H3. The van der Waals surface area contributed by atoms with E-state index in [9.17, 15) is 8.42 Å². The van der Waals surface area contributed by atoms with Crippen LogP contribution >= 0.6 is 11.3 Å². The third-order valence-corrected chi connectivity index (χ3v) is 7.55. The van der Waals surface area contributed by atoms with Gasteiger partial charge in [0, 0.05) is 17.5 Å². The smallest absolute Gasteiger partial charge is 0.253 e. The van der Waals surface area contributed by atoms with Crippen LogP contribution in [0.4, 0.5) is 0 Å². The van der Waals surface area contributed by atoms with Gasteiger partial charge in [0.2, 0.25) is 0 Å². The van der Waals surface area contributed by atoms with Gasteiger partial charge in [-0.15, -0.1) is 11.3 Å². The van der Waals surface area contributed by atoms with Crippen molar-refractivity contribution >= 4 is 21.4 Å². The topological polar surface area (TPSA) is 46.6 Å². The Labute approximate surface area is 135 Å². The molecule has 1 aliphatic heterocycles. The van der Waals surface area contributed by atoms with E-state index in [0.29, 0.717) is 17.2 Å². The first-order chi connectivity index (χ1) is 10.4. The molecule has 0 saturated heterocycles. The Bertz CT molecular complexity index is 795. The Morgan fingerprint density at radius 1 is 1.27 bits per heavy atom. The summed E-state index contributed by atoms with van der Waals surface area (Å²) in [7, 11) is -1.79. The monoisotopic (exact) mass is 337 g/mol. The molecule has 0 saturated carbocycles. The molecule has 2 aromatic rings. The fourth-order valence-corrected chi connectivity index (χ4v) is 5.93. The van der Waals surface area contributed by atoms with Gasteiger partial charge in [-0.1, -0.05) is 6.07 Å². The summed E-state index contributed by atoms with van der Waals surface area (Å²) >= 11 is 1.33. The van der Waals surface area contributed by atoms with Crippen LogP contribution in [0.3, 0.4) is 0 Å². The lowest BCUT2D eigenvalue weighted by atomic mass is 9.95. The lowest BCUT2D eigenvalue weighted by Crippen LogP contribution is -2.38. The highest BCUT2D eigenvalue weighted by Gasteiger charge is 2.34. The number of benzene rings is 1. The van der Waals surface area contributed by atoms with Gasteiger partial charge in [0.25, 0.3) is 10.0 Å². The summed E-state index contributed by atoms with van der Waals surface area (Å²) < 4.78 is 33.0. The van der Waals surface area contributed by atoms with Crippen molar-refractivity contribution in [2.24, 2.45) is 0 Å². The first kappa shape index (κ1) is 15.5. The molecule has 0 N–H and O–H groups in total. The molecule has 4 nitrogen and oxygen atoms in total. The van der Waals surface area contributed by atoms with E-state index in [1.165, 1.54) is 16.9 Å². The SMILES string of the molecule is COc1ccc2c(c1)CCN(S(=O)(=O)c1ccc(C)s1)C2C. The summed E-state index contributed by atoms with van der Waals surface area (Å²) in [6.07, 6.45) is 0.709. The molecule has 1 aromatic carbocycles. The molecule has 0 amide bonds. The molecule has 2 heterocycles. The van der Waals surface area contributed by atoms with E-state index in [-0.39, 0.29) is 6.04 Å². The molecule has 1 aromatic heterocycles. The van der Waals surface area contributed by atoms with Crippen LogP contribution in [0, 0.1) is 6.92 Å². The van der Waals surface area contributed by atoms with Gasteiger partial charge in [-0.05, 0) is 55.7 Å². The van der Waals surface area contributed by atoms with Crippen LogP contribution in [-0.2, 0) is 16.4 Å². The zero-order valence-corrected chi connectivity index (χ0v) is 14.5. The number of aryl methyl sites for hydroxylation is 1. The van der Waals surface area contributed by atoms with Gasteiger partial charge in [-0.2, -0.15) is 4.31 Å². The zero-order valence-electron chi connectivity index (χ0n) is 12.9. The molecular formula is C16H19NO3S2. The third kappa shape index (κ3) is 2.55. The summed E-state index contributed by atoms with van der Waals surface area (Å²) in [4.78, 5) is 1.01. The summed E-state index contributed by atoms with van der Waals surface area (Å²) in [5.41, 5.74) is 2.23. The van der Waals surface area contributed by atoms with Gasteiger partial charge < -0.3 is 4.74 Å². The second kappa shape index (κ2) is 5.68. The summed E-state index contributed by atoms with van der Waals surface area (Å²) in [5, 5.41) is 0. The maximum absolute atomic E-state index is 12.9. The Balaban J connectivity index is 1.97. The van der Waals surface area contributed by atoms with Gasteiger partial charge in [-0.25, -0.2) is 8.42 Å². The van der Waals surface area contributed by atoms with Crippen LogP contribution in [0.15, 0.2) is 34.5 Å². The van der Waals surface area contributed by atoms with E-state index in [0.717, 1.165) is 16.2 Å². The highest BCUT2D eigenvalue weighted by molar-refractivity contribution is 7.91. The number of fused-ring (bicyclic) bond motifs is 1. The van der Waals surface area contributed by atoms with Crippen LogP contribution in [0.25, 0.3) is 0 Å². The minimum Gasteiger partial charge on any atom is -0.497 e. The van der Waals surface area contributed by atoms with Gasteiger partial charge >= 0.3 is 0 Å². The number of methoxy groups -OCH3 is 1. The highest BCUT2D eigenvalue weighted by atomic mass is 32.2. The average Bonchev–Trinajstić information content (AvgIpc) is 2.94. The van der Waals surface area contributed by atoms with Crippen molar-refractivity contribution in [3.63, 3.8) is 0 Å². The number of hydrogen-bond donors (Lipinski definition) is 0. The van der Waals surface area contributed by atoms with Gasteiger partial charge in [0.1, 0.15) is 9.96 Å². The van der Waals surface area contributed by atoms with Crippen molar-refractivity contribution in [3.05, 3.63) is 46.3 Å². The Kier molecular flexibility index (Phi) is 4.01. The second-order valence-electron chi connectivity index (χ2n) is 5.47. The fourth-order valence-electron chi connectivity index (χ4n) is 2.91. The minimum absolute atomic E-state index is 0.165. The third-order valence-electron chi connectivity index (χ3n) is 4.11. The first-order valence-electron chi connectivity index (χ1n) is 7.18. The van der Waals surface area contributed by atoms with E-state index in [2.05, 4.69) is 0 Å². The van der Waals surface area contributed by atoms with E-state index in [4.69, 9.17) is 4.74 Å². The van der Waals surface area contributed by atoms with Gasteiger partial charge in [-0.3, -0.25) is 0 Å². The number of nitrogens with zero attached hydrogens (tertiary/aromatic N) is 1. The average molecular weight is 337 g/mol. The van der Waals surface area contributed by atoms with Crippen LogP contribution in [0.1, 0.15) is 29.0 Å². The molecule has 1 atom stereocenters. The zero-order chi connectivity index (χ0) is 15.9. The molecule has 0 aliphatic carbocycles. The predicted molar refractivity (Wildman–Crippen MR) is 88.1 cm³/mol. The largest absolute Gasteiger partial charge is 0.497 e. The summed E-state index contributed by atoms with van der Waals surface area (Å²) in [5.74, 6) is 0.816. The van der Waals surface area contributed by atoms with Crippen molar-refractivity contribution in [1.82, 2.24) is 4.31 Å². The molecule has 0 fully saturated rings. The normalized spacial score (nSPS) is 19.0. The molecule has 6 heteroatoms. The summed E-state index contributed by atoms with van der Waals surface area (Å²) in [6, 6.07) is 9.25. The lowest BCUT2D eigenvalue weighted by Gasteiger charge is -2.34. The maximum Gasteiger partial charge on any atom is 0.253 e. The van der Waals surface area contributed by atoms with Crippen LogP contribution < -0.4 is 4.74 Å². The number of hydrogen-bond acceptors (Lipinski definition) is 4. The Hall–Kier alpha value is -1.37. The molecule has 0 radical (unpaired) electrons. The van der Waals surface area contributed by atoms with Crippen molar-refractivity contribution in [1.29, 1.82) is 0 Å². The Morgan fingerprint density at radius 2 is 2.05 bits per heavy atom. The molecule has 1 aliphatic rings. The quantitative estimate of drug-likeness (QED) is 0.863.